The summed E-state index contributed by atoms with van der Waals surface area (Å²) in [5, 5.41) is 5.14. The minimum atomic E-state index is -4.47. The molecule has 0 aliphatic carbocycles. The second kappa shape index (κ2) is 7.37. The molecule has 1 atom stereocenters. The van der Waals surface area contributed by atoms with E-state index in [9.17, 15) is 22.8 Å². The van der Waals surface area contributed by atoms with E-state index in [1.807, 2.05) is 0 Å². The molecule has 0 saturated carbocycles. The van der Waals surface area contributed by atoms with Gasteiger partial charge in [0.05, 0.1) is 11.6 Å². The zero-order valence-electron chi connectivity index (χ0n) is 12.9. The fourth-order valence-corrected chi connectivity index (χ4v) is 2.56. The lowest BCUT2D eigenvalue weighted by molar-refractivity contribution is -0.139. The van der Waals surface area contributed by atoms with Crippen molar-refractivity contribution in [2.45, 2.75) is 25.2 Å². The summed E-state index contributed by atoms with van der Waals surface area (Å²) in [5.41, 5.74) is -0.715. The van der Waals surface area contributed by atoms with Crippen molar-refractivity contribution in [3.8, 4) is 0 Å². The Hall–Kier alpha value is -2.51. The lowest BCUT2D eigenvalue weighted by Crippen LogP contribution is -2.43. The predicted octanol–water partition coefficient (Wildman–Crippen LogP) is 2.29. The molecular formula is C16H18F3N3O2. The quantitative estimate of drug-likeness (QED) is 0.808. The van der Waals surface area contributed by atoms with Crippen molar-refractivity contribution in [2.75, 3.05) is 13.1 Å². The molecule has 1 aliphatic rings. The molecule has 0 unspecified atom stereocenters. The standard InChI is InChI=1S/C16H18F3N3O2/c1-2-7-20-15(24)21-12-8-14(23)22(10-12)9-11-5-3-4-6-13(11)16(17,18)19/h2-6,12H,1,7-10H2,(H2,20,21,24)/t12-/m0/s1. The summed E-state index contributed by atoms with van der Waals surface area (Å²) >= 11 is 0. The molecule has 1 aliphatic heterocycles. The number of nitrogens with one attached hydrogen (secondary N) is 2. The minimum Gasteiger partial charge on any atom is -0.336 e. The lowest BCUT2D eigenvalue weighted by atomic mass is 10.1. The molecule has 130 valence electrons. The van der Waals surface area contributed by atoms with E-state index in [-0.39, 0.29) is 37.5 Å². The zero-order chi connectivity index (χ0) is 17.7. The highest BCUT2D eigenvalue weighted by atomic mass is 19.4. The molecule has 24 heavy (non-hydrogen) atoms. The number of carbonyl (C=O) groups is 2. The average molecular weight is 341 g/mol. The number of benzene rings is 1. The molecule has 2 rings (SSSR count). The maximum Gasteiger partial charge on any atom is 0.416 e. The van der Waals surface area contributed by atoms with Crippen molar-refractivity contribution in [1.29, 1.82) is 0 Å². The van der Waals surface area contributed by atoms with Crippen molar-refractivity contribution in [1.82, 2.24) is 15.5 Å². The molecule has 3 amide bonds. The maximum absolute atomic E-state index is 13.0. The summed E-state index contributed by atoms with van der Waals surface area (Å²) in [4.78, 5) is 24.9. The number of urea groups is 1. The second-order valence-electron chi connectivity index (χ2n) is 5.47. The summed E-state index contributed by atoms with van der Waals surface area (Å²) in [6, 6.07) is 4.29. The third-order valence-electron chi connectivity index (χ3n) is 3.64. The van der Waals surface area contributed by atoms with Crippen LogP contribution in [0.1, 0.15) is 17.5 Å². The van der Waals surface area contributed by atoms with Crippen LogP contribution < -0.4 is 10.6 Å². The summed E-state index contributed by atoms with van der Waals surface area (Å²) < 4.78 is 39.0. The van der Waals surface area contributed by atoms with Gasteiger partial charge in [0.2, 0.25) is 5.91 Å². The normalized spacial score (nSPS) is 17.7. The first-order chi connectivity index (χ1) is 11.3. The van der Waals surface area contributed by atoms with Gasteiger partial charge in [0.15, 0.2) is 0 Å². The van der Waals surface area contributed by atoms with Crippen LogP contribution in [0.4, 0.5) is 18.0 Å². The topological polar surface area (TPSA) is 61.4 Å². The van der Waals surface area contributed by atoms with E-state index in [0.29, 0.717) is 0 Å². The Bertz CT molecular complexity index is 631. The fraction of sp³-hybridized carbons (Fsp3) is 0.375. The van der Waals surface area contributed by atoms with Gasteiger partial charge in [0.1, 0.15) is 0 Å². The number of amides is 3. The summed E-state index contributed by atoms with van der Waals surface area (Å²) in [6.07, 6.45) is -2.89. The van der Waals surface area contributed by atoms with Crippen LogP contribution in [0.3, 0.4) is 0 Å². The van der Waals surface area contributed by atoms with E-state index in [1.165, 1.54) is 29.2 Å². The van der Waals surface area contributed by atoms with Crippen LogP contribution in [-0.4, -0.2) is 36.0 Å². The number of halogens is 3. The van der Waals surface area contributed by atoms with Gasteiger partial charge in [-0.1, -0.05) is 24.3 Å². The van der Waals surface area contributed by atoms with Crippen LogP contribution in [0.5, 0.6) is 0 Å². The average Bonchev–Trinajstić information content (AvgIpc) is 2.84. The molecule has 1 fully saturated rings. The van der Waals surface area contributed by atoms with Gasteiger partial charge in [-0.25, -0.2) is 4.79 Å². The van der Waals surface area contributed by atoms with Gasteiger partial charge in [-0.05, 0) is 11.6 Å². The minimum absolute atomic E-state index is 0.0371. The van der Waals surface area contributed by atoms with E-state index in [4.69, 9.17) is 0 Å². The van der Waals surface area contributed by atoms with Crippen molar-refractivity contribution in [2.24, 2.45) is 0 Å². The number of rotatable bonds is 5. The molecule has 1 heterocycles. The summed E-state index contributed by atoms with van der Waals surface area (Å²) in [6.45, 7) is 3.79. The number of hydrogen-bond acceptors (Lipinski definition) is 2. The van der Waals surface area contributed by atoms with Crippen molar-refractivity contribution in [3.63, 3.8) is 0 Å². The molecule has 0 spiro atoms. The Morgan fingerprint density at radius 3 is 2.75 bits per heavy atom. The molecule has 8 heteroatoms. The van der Waals surface area contributed by atoms with Crippen LogP contribution in [-0.2, 0) is 17.5 Å². The van der Waals surface area contributed by atoms with Crippen LogP contribution in [0.25, 0.3) is 0 Å². The first kappa shape index (κ1) is 17.8. The van der Waals surface area contributed by atoms with E-state index < -0.39 is 23.8 Å². The first-order valence-corrected chi connectivity index (χ1v) is 7.39. The molecule has 1 aromatic rings. The highest BCUT2D eigenvalue weighted by Gasteiger charge is 2.35. The van der Waals surface area contributed by atoms with Crippen LogP contribution >= 0.6 is 0 Å². The number of carbonyl (C=O) groups excluding carboxylic acids is 2. The Balaban J connectivity index is 2.01. The van der Waals surface area contributed by atoms with Gasteiger partial charge >= 0.3 is 12.2 Å². The largest absolute Gasteiger partial charge is 0.416 e. The number of likely N-dealkylation sites (tertiary alicyclic amines) is 1. The maximum atomic E-state index is 13.0. The lowest BCUT2D eigenvalue weighted by Gasteiger charge is -2.20. The smallest absolute Gasteiger partial charge is 0.336 e. The predicted molar refractivity (Wildman–Crippen MR) is 82.0 cm³/mol. The van der Waals surface area contributed by atoms with Crippen LogP contribution in [0.2, 0.25) is 0 Å². The van der Waals surface area contributed by atoms with Crippen molar-refractivity contribution in [3.05, 3.63) is 48.0 Å². The molecule has 0 aromatic heterocycles. The van der Waals surface area contributed by atoms with Gasteiger partial charge in [-0.3, -0.25) is 4.79 Å². The highest BCUT2D eigenvalue weighted by molar-refractivity contribution is 5.81. The molecule has 1 saturated heterocycles. The Kier molecular flexibility index (Phi) is 5.48. The van der Waals surface area contributed by atoms with E-state index in [1.54, 1.807) is 0 Å². The Morgan fingerprint density at radius 2 is 2.08 bits per heavy atom. The van der Waals surface area contributed by atoms with E-state index in [0.717, 1.165) is 6.07 Å². The number of hydrogen-bond donors (Lipinski definition) is 2. The first-order valence-electron chi connectivity index (χ1n) is 7.39. The van der Waals surface area contributed by atoms with Gasteiger partial charge < -0.3 is 15.5 Å². The summed E-state index contributed by atoms with van der Waals surface area (Å²) in [7, 11) is 0. The number of nitrogens with zero attached hydrogens (tertiary/aromatic N) is 1. The second-order valence-corrected chi connectivity index (χ2v) is 5.47. The van der Waals surface area contributed by atoms with Crippen LogP contribution in [0.15, 0.2) is 36.9 Å². The Morgan fingerprint density at radius 1 is 1.38 bits per heavy atom. The van der Waals surface area contributed by atoms with E-state index >= 15 is 0 Å². The molecular weight excluding hydrogens is 323 g/mol. The van der Waals surface area contributed by atoms with Crippen molar-refractivity contribution < 1.29 is 22.8 Å². The Labute approximate surface area is 137 Å². The SMILES string of the molecule is C=CCNC(=O)N[C@H]1CC(=O)N(Cc2ccccc2C(F)(F)F)C1. The third-order valence-corrected chi connectivity index (χ3v) is 3.64. The molecule has 1 aromatic carbocycles. The third kappa shape index (κ3) is 4.50. The monoisotopic (exact) mass is 341 g/mol. The molecule has 0 radical (unpaired) electrons. The van der Waals surface area contributed by atoms with Gasteiger partial charge in [-0.2, -0.15) is 13.2 Å². The molecule has 5 nitrogen and oxygen atoms in total. The molecule has 0 bridgehead atoms. The van der Waals surface area contributed by atoms with Gasteiger partial charge in [0.25, 0.3) is 0 Å². The van der Waals surface area contributed by atoms with E-state index in [2.05, 4.69) is 17.2 Å². The highest BCUT2D eigenvalue weighted by Crippen LogP contribution is 2.32. The van der Waals surface area contributed by atoms with Gasteiger partial charge in [-0.15, -0.1) is 6.58 Å². The summed E-state index contributed by atoms with van der Waals surface area (Å²) in [5.74, 6) is -0.291. The fourth-order valence-electron chi connectivity index (χ4n) is 2.56. The van der Waals surface area contributed by atoms with Gasteiger partial charge in [0, 0.05) is 26.1 Å². The molecule has 2 N–H and O–H groups in total. The van der Waals surface area contributed by atoms with Crippen molar-refractivity contribution >= 4 is 11.9 Å². The zero-order valence-corrected chi connectivity index (χ0v) is 12.9. The number of alkyl halides is 3. The van der Waals surface area contributed by atoms with Crippen LogP contribution in [0, 0.1) is 0 Å².